The van der Waals surface area contributed by atoms with Gasteiger partial charge in [-0.15, -0.1) is 0 Å². The molecule has 2 heterocycles. The van der Waals surface area contributed by atoms with E-state index < -0.39 is 0 Å². The fourth-order valence-corrected chi connectivity index (χ4v) is 4.40. The van der Waals surface area contributed by atoms with Crippen LogP contribution in [0.4, 0.5) is 0 Å². The average molecular weight is 229 g/mol. The van der Waals surface area contributed by atoms with Gasteiger partial charge in [-0.1, -0.05) is 6.42 Å². The number of ether oxygens (including phenoxy) is 1. The summed E-state index contributed by atoms with van der Waals surface area (Å²) in [5.41, 5.74) is 0. The molecule has 2 nitrogen and oxygen atoms in total. The summed E-state index contributed by atoms with van der Waals surface area (Å²) < 4.78 is 5.61. The Balaban J connectivity index is 1.88. The maximum atomic E-state index is 5.61. The van der Waals surface area contributed by atoms with Gasteiger partial charge in [0.25, 0.3) is 0 Å². The summed E-state index contributed by atoms with van der Waals surface area (Å²) in [6.07, 6.45) is 6.83. The van der Waals surface area contributed by atoms with Crippen molar-refractivity contribution in [2.75, 3.05) is 26.0 Å². The van der Waals surface area contributed by atoms with Gasteiger partial charge in [-0.05, 0) is 44.4 Å². The lowest BCUT2D eigenvalue weighted by Gasteiger charge is -2.37. The summed E-state index contributed by atoms with van der Waals surface area (Å²) in [7, 11) is 2.12. The van der Waals surface area contributed by atoms with Crippen molar-refractivity contribution < 1.29 is 4.74 Å². The monoisotopic (exact) mass is 229 g/mol. The highest BCUT2D eigenvalue weighted by molar-refractivity contribution is 8.00. The standard InChI is InChI=1S/C12H23NOS/c1-13-12(10-5-4-7-14-9-10)11-6-2-3-8-15-11/h10-13H,2-9H2,1H3. The Bertz CT molecular complexity index is 158. The number of thioether (sulfide) groups is 1. The minimum absolute atomic E-state index is 0.676. The molecule has 3 unspecified atom stereocenters. The largest absolute Gasteiger partial charge is 0.381 e. The molecule has 2 saturated heterocycles. The average Bonchev–Trinajstić information content (AvgIpc) is 2.33. The van der Waals surface area contributed by atoms with Crippen molar-refractivity contribution in [3.8, 4) is 0 Å². The van der Waals surface area contributed by atoms with Gasteiger partial charge in [0.15, 0.2) is 0 Å². The van der Waals surface area contributed by atoms with Crippen LogP contribution >= 0.6 is 11.8 Å². The second-order valence-electron chi connectivity index (χ2n) is 4.70. The fraction of sp³-hybridized carbons (Fsp3) is 1.00. The Morgan fingerprint density at radius 3 is 2.80 bits per heavy atom. The van der Waals surface area contributed by atoms with Crippen molar-refractivity contribution in [3.05, 3.63) is 0 Å². The zero-order valence-electron chi connectivity index (χ0n) is 9.71. The molecule has 0 aromatic carbocycles. The van der Waals surface area contributed by atoms with Crippen LogP contribution in [-0.2, 0) is 4.74 Å². The van der Waals surface area contributed by atoms with Crippen molar-refractivity contribution >= 4 is 11.8 Å². The second-order valence-corrected chi connectivity index (χ2v) is 6.04. The van der Waals surface area contributed by atoms with Crippen LogP contribution in [-0.4, -0.2) is 37.3 Å². The maximum absolute atomic E-state index is 5.61. The molecule has 0 bridgehead atoms. The van der Waals surface area contributed by atoms with E-state index in [1.165, 1.54) is 37.9 Å². The fourth-order valence-electron chi connectivity index (χ4n) is 2.82. The zero-order chi connectivity index (χ0) is 10.5. The van der Waals surface area contributed by atoms with E-state index in [1.807, 2.05) is 0 Å². The van der Waals surface area contributed by atoms with E-state index in [4.69, 9.17) is 4.74 Å². The quantitative estimate of drug-likeness (QED) is 0.802. The molecule has 2 fully saturated rings. The molecular formula is C12H23NOS. The van der Waals surface area contributed by atoms with Gasteiger partial charge in [-0.25, -0.2) is 0 Å². The normalized spacial score (nSPS) is 35.0. The first-order chi connectivity index (χ1) is 7.42. The summed E-state index contributed by atoms with van der Waals surface area (Å²) in [6.45, 7) is 1.95. The molecule has 2 aliphatic heterocycles. The van der Waals surface area contributed by atoms with Crippen LogP contribution < -0.4 is 5.32 Å². The molecule has 88 valence electrons. The number of nitrogens with one attached hydrogen (secondary N) is 1. The molecule has 0 aromatic heterocycles. The van der Waals surface area contributed by atoms with Gasteiger partial charge in [-0.3, -0.25) is 0 Å². The Morgan fingerprint density at radius 1 is 1.27 bits per heavy atom. The van der Waals surface area contributed by atoms with Crippen molar-refractivity contribution in [1.82, 2.24) is 5.32 Å². The van der Waals surface area contributed by atoms with Crippen molar-refractivity contribution in [3.63, 3.8) is 0 Å². The zero-order valence-corrected chi connectivity index (χ0v) is 10.5. The molecule has 0 amide bonds. The summed E-state index contributed by atoms with van der Waals surface area (Å²) in [5.74, 6) is 2.11. The Labute approximate surface area is 97.5 Å². The summed E-state index contributed by atoms with van der Waals surface area (Å²) in [5, 5.41) is 4.37. The van der Waals surface area contributed by atoms with E-state index in [1.54, 1.807) is 0 Å². The first-order valence-corrected chi connectivity index (χ1v) is 7.33. The van der Waals surface area contributed by atoms with Crippen molar-refractivity contribution in [2.45, 2.75) is 43.4 Å². The van der Waals surface area contributed by atoms with Gasteiger partial charge >= 0.3 is 0 Å². The highest BCUT2D eigenvalue weighted by Crippen LogP contribution is 2.32. The van der Waals surface area contributed by atoms with Crippen LogP contribution in [0.1, 0.15) is 32.1 Å². The van der Waals surface area contributed by atoms with E-state index in [-0.39, 0.29) is 0 Å². The van der Waals surface area contributed by atoms with Crippen molar-refractivity contribution in [1.29, 1.82) is 0 Å². The lowest BCUT2D eigenvalue weighted by Crippen LogP contribution is -2.46. The predicted octanol–water partition coefficient (Wildman–Crippen LogP) is 2.29. The molecule has 15 heavy (non-hydrogen) atoms. The van der Waals surface area contributed by atoms with E-state index in [2.05, 4.69) is 24.1 Å². The van der Waals surface area contributed by atoms with Crippen LogP contribution in [0.15, 0.2) is 0 Å². The number of hydrogen-bond donors (Lipinski definition) is 1. The first kappa shape index (κ1) is 11.7. The Morgan fingerprint density at radius 2 is 2.20 bits per heavy atom. The van der Waals surface area contributed by atoms with Gasteiger partial charge < -0.3 is 10.1 Å². The number of hydrogen-bond acceptors (Lipinski definition) is 3. The molecular weight excluding hydrogens is 206 g/mol. The summed E-state index contributed by atoms with van der Waals surface area (Å²) in [4.78, 5) is 0. The molecule has 2 aliphatic rings. The van der Waals surface area contributed by atoms with Crippen LogP contribution in [0.25, 0.3) is 0 Å². The van der Waals surface area contributed by atoms with Gasteiger partial charge in [0.2, 0.25) is 0 Å². The Kier molecular flexibility index (Phi) is 4.79. The van der Waals surface area contributed by atoms with Gasteiger partial charge in [0, 0.05) is 17.9 Å². The molecule has 1 N–H and O–H groups in total. The summed E-state index contributed by atoms with van der Waals surface area (Å²) in [6, 6.07) is 0.676. The van der Waals surface area contributed by atoms with E-state index in [0.29, 0.717) is 6.04 Å². The third-order valence-corrected chi connectivity index (χ3v) is 5.13. The van der Waals surface area contributed by atoms with E-state index in [0.717, 1.165) is 24.4 Å². The third-order valence-electron chi connectivity index (χ3n) is 3.65. The molecule has 3 heteroatoms. The first-order valence-electron chi connectivity index (χ1n) is 6.28. The topological polar surface area (TPSA) is 21.3 Å². The SMILES string of the molecule is CNC(C1CCCOC1)C1CCCCS1. The highest BCUT2D eigenvalue weighted by Gasteiger charge is 2.30. The molecule has 0 radical (unpaired) electrons. The summed E-state index contributed by atoms with van der Waals surface area (Å²) >= 11 is 2.17. The maximum Gasteiger partial charge on any atom is 0.0509 e. The molecule has 0 aliphatic carbocycles. The molecule has 0 saturated carbocycles. The third kappa shape index (κ3) is 3.11. The van der Waals surface area contributed by atoms with E-state index in [9.17, 15) is 0 Å². The lowest BCUT2D eigenvalue weighted by molar-refractivity contribution is 0.0396. The second kappa shape index (κ2) is 6.12. The van der Waals surface area contributed by atoms with Gasteiger partial charge in [0.1, 0.15) is 0 Å². The van der Waals surface area contributed by atoms with Crippen molar-refractivity contribution in [2.24, 2.45) is 5.92 Å². The van der Waals surface area contributed by atoms with Crippen LogP contribution in [0.5, 0.6) is 0 Å². The van der Waals surface area contributed by atoms with E-state index >= 15 is 0 Å². The smallest absolute Gasteiger partial charge is 0.0509 e. The minimum Gasteiger partial charge on any atom is -0.381 e. The molecule has 2 rings (SSSR count). The Hall–Kier alpha value is 0.270. The predicted molar refractivity (Wildman–Crippen MR) is 66.5 cm³/mol. The van der Waals surface area contributed by atoms with Crippen LogP contribution in [0.3, 0.4) is 0 Å². The van der Waals surface area contributed by atoms with Gasteiger partial charge in [0.05, 0.1) is 6.61 Å². The molecule has 0 spiro atoms. The lowest BCUT2D eigenvalue weighted by atomic mass is 9.89. The van der Waals surface area contributed by atoms with Gasteiger partial charge in [-0.2, -0.15) is 11.8 Å². The molecule has 0 aromatic rings. The van der Waals surface area contributed by atoms with Crippen LogP contribution in [0.2, 0.25) is 0 Å². The van der Waals surface area contributed by atoms with Crippen LogP contribution in [0, 0.1) is 5.92 Å². The highest BCUT2D eigenvalue weighted by atomic mass is 32.2. The molecule has 3 atom stereocenters. The minimum atomic E-state index is 0.676. The number of rotatable bonds is 3.